The number of amides is 2. The van der Waals surface area contributed by atoms with E-state index in [1.165, 1.54) is 18.3 Å². The Balaban J connectivity index is 1.19. The number of nitrogens with one attached hydrogen (secondary N) is 1. The number of urea groups is 1. The summed E-state index contributed by atoms with van der Waals surface area (Å²) in [4.78, 5) is 30.3. The number of carbonyl (C=O) groups excluding carboxylic acids is 1. The molecule has 1 N–H and O–H groups in total. The minimum absolute atomic E-state index is 0.105. The van der Waals surface area contributed by atoms with E-state index in [2.05, 4.69) is 25.2 Å². The fourth-order valence-electron chi connectivity index (χ4n) is 5.09. The van der Waals surface area contributed by atoms with Gasteiger partial charge in [0.05, 0.1) is 42.0 Å². The highest BCUT2D eigenvalue weighted by molar-refractivity contribution is 6.04. The van der Waals surface area contributed by atoms with Crippen molar-refractivity contribution in [1.29, 1.82) is 0 Å². The van der Waals surface area contributed by atoms with Gasteiger partial charge in [0.15, 0.2) is 17.4 Å². The van der Waals surface area contributed by atoms with Crippen LogP contribution >= 0.6 is 0 Å². The zero-order valence-corrected chi connectivity index (χ0v) is 21.8. The topological polar surface area (TPSA) is 102 Å². The van der Waals surface area contributed by atoms with E-state index in [0.29, 0.717) is 42.8 Å². The van der Waals surface area contributed by atoms with Crippen molar-refractivity contribution in [1.82, 2.24) is 15.0 Å². The van der Waals surface area contributed by atoms with Gasteiger partial charge in [-0.05, 0) is 38.5 Å². The number of nitrogens with zero attached hydrogens (tertiary/aromatic N) is 5. The number of aromatic nitrogens is 3. The molecule has 3 aliphatic rings. The van der Waals surface area contributed by atoms with Crippen molar-refractivity contribution in [3.63, 3.8) is 0 Å². The minimum atomic E-state index is -4.49. The van der Waals surface area contributed by atoms with Crippen molar-refractivity contribution in [3.05, 3.63) is 54.4 Å². The Morgan fingerprint density at radius 1 is 1.20 bits per heavy atom. The number of benzene rings is 1. The van der Waals surface area contributed by atoms with Crippen LogP contribution in [0.2, 0.25) is 0 Å². The van der Waals surface area contributed by atoms with Crippen LogP contribution in [0, 0.1) is 0 Å². The van der Waals surface area contributed by atoms with E-state index >= 15 is 0 Å². The first-order chi connectivity index (χ1) is 19.1. The second-order valence-electron chi connectivity index (χ2n) is 10.3. The SMILES string of the molecule is CC1(C)OC[C@@H](COc2ccc(NC(=O)N3c4nc(-c5cccc(C(F)(F)F)c5)ncc4N4CC[C@H]3C4)cn2)O1. The second kappa shape index (κ2) is 9.89. The third-order valence-corrected chi connectivity index (χ3v) is 6.99. The highest BCUT2D eigenvalue weighted by Crippen LogP contribution is 2.40. The van der Waals surface area contributed by atoms with Gasteiger partial charge in [-0.25, -0.2) is 19.7 Å². The average Bonchev–Trinajstić information content (AvgIpc) is 3.50. The Bertz CT molecular complexity index is 1420. The maximum absolute atomic E-state index is 13.5. The molecular formula is C27H27F3N6O4. The summed E-state index contributed by atoms with van der Waals surface area (Å²) in [7, 11) is 0. The molecule has 13 heteroatoms. The van der Waals surface area contributed by atoms with Crippen LogP contribution in [0.1, 0.15) is 25.8 Å². The molecule has 1 aromatic carbocycles. The van der Waals surface area contributed by atoms with Gasteiger partial charge in [0.25, 0.3) is 0 Å². The van der Waals surface area contributed by atoms with Gasteiger partial charge in [-0.15, -0.1) is 0 Å². The van der Waals surface area contributed by atoms with Crippen molar-refractivity contribution in [2.75, 3.05) is 41.4 Å². The summed E-state index contributed by atoms with van der Waals surface area (Å²) in [6.07, 6.45) is -0.927. The van der Waals surface area contributed by atoms with Gasteiger partial charge in [-0.3, -0.25) is 4.90 Å². The Morgan fingerprint density at radius 2 is 2.05 bits per heavy atom. The molecule has 210 valence electrons. The molecule has 6 rings (SSSR count). The molecule has 2 aromatic heterocycles. The highest BCUT2D eigenvalue weighted by atomic mass is 19.4. The van der Waals surface area contributed by atoms with Crippen LogP contribution in [0.3, 0.4) is 0 Å². The largest absolute Gasteiger partial charge is 0.475 e. The highest BCUT2D eigenvalue weighted by Gasteiger charge is 2.41. The number of rotatable bonds is 5. The van der Waals surface area contributed by atoms with Crippen LogP contribution in [0.15, 0.2) is 48.8 Å². The van der Waals surface area contributed by atoms with E-state index in [1.807, 2.05) is 13.8 Å². The van der Waals surface area contributed by atoms with E-state index in [9.17, 15) is 18.0 Å². The van der Waals surface area contributed by atoms with Crippen LogP contribution in [0.25, 0.3) is 11.4 Å². The van der Waals surface area contributed by atoms with Crippen molar-refractivity contribution >= 4 is 23.2 Å². The minimum Gasteiger partial charge on any atom is -0.475 e. The molecule has 2 atom stereocenters. The quantitative estimate of drug-likeness (QED) is 0.482. The van der Waals surface area contributed by atoms with E-state index in [-0.39, 0.29) is 30.1 Å². The Labute approximate surface area is 228 Å². The van der Waals surface area contributed by atoms with E-state index in [4.69, 9.17) is 14.2 Å². The van der Waals surface area contributed by atoms with Crippen LogP contribution in [0.4, 0.5) is 35.2 Å². The van der Waals surface area contributed by atoms with Crippen LogP contribution in [0.5, 0.6) is 5.88 Å². The lowest BCUT2D eigenvalue weighted by Gasteiger charge is -2.35. The number of ether oxygens (including phenoxy) is 3. The molecule has 0 spiro atoms. The molecular weight excluding hydrogens is 529 g/mol. The molecule has 0 unspecified atom stereocenters. The van der Waals surface area contributed by atoms with Crippen LogP contribution < -0.4 is 19.9 Å². The zero-order valence-electron chi connectivity index (χ0n) is 21.8. The van der Waals surface area contributed by atoms with Gasteiger partial charge in [-0.1, -0.05) is 12.1 Å². The molecule has 0 saturated carbocycles. The molecule has 3 aromatic rings. The Hall–Kier alpha value is -3.97. The Kier molecular flexibility index (Phi) is 6.50. The molecule has 2 bridgehead atoms. The van der Waals surface area contributed by atoms with Gasteiger partial charge in [0.1, 0.15) is 12.7 Å². The third kappa shape index (κ3) is 5.26. The average molecular weight is 557 g/mol. The van der Waals surface area contributed by atoms with Crippen LogP contribution in [-0.4, -0.2) is 65.2 Å². The summed E-state index contributed by atoms with van der Waals surface area (Å²) in [5.74, 6) is 0.189. The summed E-state index contributed by atoms with van der Waals surface area (Å²) >= 11 is 0. The molecule has 40 heavy (non-hydrogen) atoms. The predicted molar refractivity (Wildman–Crippen MR) is 139 cm³/mol. The maximum atomic E-state index is 13.5. The smallest absolute Gasteiger partial charge is 0.416 e. The van der Waals surface area contributed by atoms with Crippen molar-refractivity contribution < 1.29 is 32.2 Å². The van der Waals surface area contributed by atoms with Crippen molar-refractivity contribution in [3.8, 4) is 17.3 Å². The first-order valence-corrected chi connectivity index (χ1v) is 12.9. The molecule has 2 saturated heterocycles. The summed E-state index contributed by atoms with van der Waals surface area (Å²) in [6.45, 7) is 5.71. The number of anilines is 3. The van der Waals surface area contributed by atoms with E-state index < -0.39 is 23.6 Å². The van der Waals surface area contributed by atoms with Gasteiger partial charge in [-0.2, -0.15) is 13.2 Å². The van der Waals surface area contributed by atoms with Gasteiger partial charge >= 0.3 is 12.2 Å². The zero-order chi connectivity index (χ0) is 28.1. The standard InChI is InChI=1S/C27H27F3N6O4/c1-26(2)39-15-20(40-26)14-38-22-7-6-18(11-31-22)33-25(37)36-19-8-9-35(13-19)21-12-32-23(34-24(21)36)16-4-3-5-17(10-16)27(28,29)30/h3-7,10-12,19-20H,8-9,13-15H2,1-2H3,(H,33,37)/t19-,20+/m0/s1. The normalized spacial score (nSPS) is 21.3. The Morgan fingerprint density at radius 3 is 2.77 bits per heavy atom. The number of hydrogen-bond acceptors (Lipinski definition) is 8. The number of carbonyl (C=O) groups is 1. The fraction of sp³-hybridized carbons (Fsp3) is 0.407. The van der Waals surface area contributed by atoms with Gasteiger partial charge in [0, 0.05) is 24.7 Å². The lowest BCUT2D eigenvalue weighted by atomic mass is 10.1. The molecule has 0 aliphatic carbocycles. The van der Waals surface area contributed by atoms with Crippen molar-refractivity contribution in [2.45, 2.75) is 44.4 Å². The molecule has 10 nitrogen and oxygen atoms in total. The number of hydrogen-bond donors (Lipinski definition) is 1. The molecule has 2 amide bonds. The maximum Gasteiger partial charge on any atom is 0.416 e. The first-order valence-electron chi connectivity index (χ1n) is 12.9. The van der Waals surface area contributed by atoms with Crippen LogP contribution in [-0.2, 0) is 15.7 Å². The first kappa shape index (κ1) is 26.3. The number of fused-ring (bicyclic) bond motifs is 4. The summed E-state index contributed by atoms with van der Waals surface area (Å²) < 4.78 is 56.8. The number of alkyl halides is 3. The van der Waals surface area contributed by atoms with E-state index in [0.717, 1.165) is 18.6 Å². The molecule has 3 aliphatic heterocycles. The lowest BCUT2D eigenvalue weighted by Crippen LogP contribution is -2.48. The monoisotopic (exact) mass is 556 g/mol. The molecule has 5 heterocycles. The predicted octanol–water partition coefficient (Wildman–Crippen LogP) is 4.72. The second-order valence-corrected chi connectivity index (χ2v) is 10.3. The summed E-state index contributed by atoms with van der Waals surface area (Å²) in [6, 6.07) is 7.58. The fourth-order valence-corrected chi connectivity index (χ4v) is 5.09. The van der Waals surface area contributed by atoms with Gasteiger partial charge in [0.2, 0.25) is 5.88 Å². The van der Waals surface area contributed by atoms with E-state index in [1.54, 1.807) is 23.2 Å². The third-order valence-electron chi connectivity index (χ3n) is 6.99. The summed E-state index contributed by atoms with van der Waals surface area (Å²) in [5, 5.41) is 2.86. The number of pyridine rings is 1. The number of halogens is 3. The summed E-state index contributed by atoms with van der Waals surface area (Å²) in [5.41, 5.74) is 0.525. The van der Waals surface area contributed by atoms with Crippen molar-refractivity contribution in [2.24, 2.45) is 0 Å². The lowest BCUT2D eigenvalue weighted by molar-refractivity contribution is -0.141. The van der Waals surface area contributed by atoms with Gasteiger partial charge < -0.3 is 24.4 Å². The molecule has 2 fully saturated rings. The molecule has 0 radical (unpaired) electrons.